The maximum absolute atomic E-state index is 12.5. The van der Waals surface area contributed by atoms with Gasteiger partial charge in [0.25, 0.3) is 0 Å². The van der Waals surface area contributed by atoms with Gasteiger partial charge in [-0.2, -0.15) is 5.10 Å². The van der Waals surface area contributed by atoms with Crippen LogP contribution in [0.5, 0.6) is 0 Å². The SMILES string of the molecule is CC(C)c1nc2n(n1)CCC[C@@H]2NS(=O)(=O)C[C@H]1CCCCO1. The first-order valence-electron chi connectivity index (χ1n) is 8.51. The number of sulfonamides is 1. The third kappa shape index (κ3) is 4.10. The van der Waals surface area contributed by atoms with Gasteiger partial charge in [0, 0.05) is 19.1 Å². The minimum Gasteiger partial charge on any atom is -0.377 e. The molecule has 0 unspecified atom stereocenters. The first-order chi connectivity index (χ1) is 10.9. The van der Waals surface area contributed by atoms with Gasteiger partial charge in [0.1, 0.15) is 5.82 Å². The molecule has 1 fully saturated rings. The molecule has 0 saturated carbocycles. The topological polar surface area (TPSA) is 86.1 Å². The molecule has 23 heavy (non-hydrogen) atoms. The summed E-state index contributed by atoms with van der Waals surface area (Å²) in [5.41, 5.74) is 0. The quantitative estimate of drug-likeness (QED) is 0.880. The van der Waals surface area contributed by atoms with Crippen LogP contribution in [0, 0.1) is 0 Å². The Morgan fingerprint density at radius 1 is 1.30 bits per heavy atom. The lowest BCUT2D eigenvalue weighted by molar-refractivity contribution is 0.0303. The van der Waals surface area contributed by atoms with Gasteiger partial charge in [-0.25, -0.2) is 22.8 Å². The predicted octanol–water partition coefficient (Wildman–Crippen LogP) is 1.72. The highest BCUT2D eigenvalue weighted by Crippen LogP contribution is 2.26. The first kappa shape index (κ1) is 16.9. The van der Waals surface area contributed by atoms with Gasteiger partial charge in [0.2, 0.25) is 10.0 Å². The molecule has 3 heterocycles. The Morgan fingerprint density at radius 2 is 2.13 bits per heavy atom. The van der Waals surface area contributed by atoms with Crippen LogP contribution < -0.4 is 4.72 Å². The Bertz CT molecular complexity index is 635. The van der Waals surface area contributed by atoms with Crippen LogP contribution in [0.15, 0.2) is 0 Å². The van der Waals surface area contributed by atoms with Crippen molar-refractivity contribution in [2.75, 3.05) is 12.4 Å². The summed E-state index contributed by atoms with van der Waals surface area (Å²) in [6.45, 7) is 5.55. The molecule has 8 heteroatoms. The Hall–Kier alpha value is -0.990. The van der Waals surface area contributed by atoms with Gasteiger partial charge in [0.05, 0.1) is 17.9 Å². The predicted molar refractivity (Wildman–Crippen MR) is 86.6 cm³/mol. The van der Waals surface area contributed by atoms with Crippen molar-refractivity contribution in [1.82, 2.24) is 19.5 Å². The number of aryl methyl sites for hydroxylation is 1. The van der Waals surface area contributed by atoms with Crippen LogP contribution in [0.1, 0.15) is 69.6 Å². The number of aromatic nitrogens is 3. The van der Waals surface area contributed by atoms with Crippen molar-refractivity contribution < 1.29 is 13.2 Å². The van der Waals surface area contributed by atoms with Crippen LogP contribution in [-0.2, 0) is 21.3 Å². The largest absolute Gasteiger partial charge is 0.377 e. The van der Waals surface area contributed by atoms with Crippen LogP contribution in [0.25, 0.3) is 0 Å². The summed E-state index contributed by atoms with van der Waals surface area (Å²) in [7, 11) is -3.39. The van der Waals surface area contributed by atoms with Gasteiger partial charge in [-0.3, -0.25) is 0 Å². The first-order valence-corrected chi connectivity index (χ1v) is 10.2. The number of hydrogen-bond acceptors (Lipinski definition) is 5. The average Bonchev–Trinajstić information content (AvgIpc) is 2.93. The maximum Gasteiger partial charge on any atom is 0.214 e. The van der Waals surface area contributed by atoms with E-state index >= 15 is 0 Å². The monoisotopic (exact) mass is 342 g/mol. The Labute approximate surface area is 137 Å². The minimum absolute atomic E-state index is 0.0364. The van der Waals surface area contributed by atoms with Gasteiger partial charge in [-0.15, -0.1) is 0 Å². The molecule has 0 spiro atoms. The molecule has 0 aromatic carbocycles. The van der Waals surface area contributed by atoms with Crippen molar-refractivity contribution >= 4 is 10.0 Å². The van der Waals surface area contributed by atoms with Crippen LogP contribution in [-0.4, -0.2) is 41.6 Å². The average molecular weight is 342 g/mol. The Kier molecular flexibility index (Phi) is 5.03. The number of fused-ring (bicyclic) bond motifs is 1. The standard InChI is InChI=1S/C15H26N4O3S/c1-11(2)14-16-15-13(7-5-8-19(15)17-14)18-23(20,21)10-12-6-3-4-9-22-12/h11-13,18H,3-10H2,1-2H3/t12-,13+/m1/s1. The molecular formula is C15H26N4O3S. The summed E-state index contributed by atoms with van der Waals surface area (Å²) in [4.78, 5) is 4.56. The van der Waals surface area contributed by atoms with E-state index < -0.39 is 10.0 Å². The maximum atomic E-state index is 12.5. The molecule has 0 bridgehead atoms. The van der Waals surface area contributed by atoms with Gasteiger partial charge in [-0.1, -0.05) is 13.8 Å². The van der Waals surface area contributed by atoms with E-state index in [0.29, 0.717) is 6.61 Å². The normalized spacial score (nSPS) is 25.5. The number of hydrogen-bond donors (Lipinski definition) is 1. The van der Waals surface area contributed by atoms with Crippen molar-refractivity contribution in [1.29, 1.82) is 0 Å². The zero-order valence-electron chi connectivity index (χ0n) is 13.9. The zero-order valence-corrected chi connectivity index (χ0v) is 14.7. The van der Waals surface area contributed by atoms with Crippen LogP contribution in [0.2, 0.25) is 0 Å². The summed E-state index contributed by atoms with van der Waals surface area (Å²) in [6.07, 6.45) is 4.36. The Balaban J connectivity index is 1.70. The highest BCUT2D eigenvalue weighted by atomic mass is 32.2. The van der Waals surface area contributed by atoms with Gasteiger partial charge in [0.15, 0.2) is 5.82 Å². The van der Waals surface area contributed by atoms with E-state index in [0.717, 1.165) is 50.3 Å². The summed E-state index contributed by atoms with van der Waals surface area (Å²) < 4.78 is 35.2. The van der Waals surface area contributed by atoms with E-state index in [1.807, 2.05) is 18.5 Å². The molecule has 0 radical (unpaired) electrons. The molecule has 2 atom stereocenters. The summed E-state index contributed by atoms with van der Waals surface area (Å²) in [6, 6.07) is -0.280. The van der Waals surface area contributed by atoms with E-state index in [4.69, 9.17) is 4.74 Å². The van der Waals surface area contributed by atoms with Crippen molar-refractivity contribution in [3.8, 4) is 0 Å². The fourth-order valence-electron chi connectivity index (χ4n) is 3.17. The molecule has 2 aliphatic rings. The molecule has 1 saturated heterocycles. The summed E-state index contributed by atoms with van der Waals surface area (Å²) in [5.74, 6) is 1.80. The third-order valence-electron chi connectivity index (χ3n) is 4.41. The molecule has 130 valence electrons. The third-order valence-corrected chi connectivity index (χ3v) is 5.86. The Morgan fingerprint density at radius 3 is 2.83 bits per heavy atom. The van der Waals surface area contributed by atoms with Crippen LogP contribution >= 0.6 is 0 Å². The fraction of sp³-hybridized carbons (Fsp3) is 0.867. The van der Waals surface area contributed by atoms with E-state index in [1.54, 1.807) is 0 Å². The van der Waals surface area contributed by atoms with E-state index in [1.165, 1.54) is 0 Å². The lowest BCUT2D eigenvalue weighted by atomic mass is 10.1. The number of rotatable bonds is 5. The van der Waals surface area contributed by atoms with Crippen molar-refractivity contribution in [3.05, 3.63) is 11.6 Å². The molecule has 1 N–H and O–H groups in total. The van der Waals surface area contributed by atoms with Crippen LogP contribution in [0.4, 0.5) is 0 Å². The molecule has 7 nitrogen and oxygen atoms in total. The number of nitrogens with one attached hydrogen (secondary N) is 1. The summed E-state index contributed by atoms with van der Waals surface area (Å²) in [5, 5.41) is 4.49. The summed E-state index contributed by atoms with van der Waals surface area (Å²) >= 11 is 0. The van der Waals surface area contributed by atoms with Crippen LogP contribution in [0.3, 0.4) is 0 Å². The minimum atomic E-state index is -3.39. The van der Waals surface area contributed by atoms with E-state index in [2.05, 4.69) is 14.8 Å². The fourth-order valence-corrected chi connectivity index (χ4v) is 4.68. The number of ether oxygens (including phenoxy) is 1. The molecule has 2 aliphatic heterocycles. The van der Waals surface area contributed by atoms with E-state index in [-0.39, 0.29) is 23.8 Å². The molecule has 1 aromatic rings. The lowest BCUT2D eigenvalue weighted by Gasteiger charge is -2.26. The smallest absolute Gasteiger partial charge is 0.214 e. The molecule has 1 aromatic heterocycles. The van der Waals surface area contributed by atoms with Crippen molar-refractivity contribution in [3.63, 3.8) is 0 Å². The molecule has 0 amide bonds. The second-order valence-corrected chi connectivity index (χ2v) is 8.59. The molecule has 3 rings (SSSR count). The van der Waals surface area contributed by atoms with Gasteiger partial charge >= 0.3 is 0 Å². The molecular weight excluding hydrogens is 316 g/mol. The lowest BCUT2D eigenvalue weighted by Crippen LogP contribution is -2.39. The highest BCUT2D eigenvalue weighted by Gasteiger charge is 2.30. The van der Waals surface area contributed by atoms with Gasteiger partial charge in [-0.05, 0) is 32.1 Å². The second kappa shape index (κ2) is 6.86. The number of nitrogens with zero attached hydrogens (tertiary/aromatic N) is 3. The van der Waals surface area contributed by atoms with E-state index in [9.17, 15) is 8.42 Å². The van der Waals surface area contributed by atoms with Crippen molar-refractivity contribution in [2.24, 2.45) is 0 Å². The zero-order chi connectivity index (χ0) is 16.4. The van der Waals surface area contributed by atoms with Gasteiger partial charge < -0.3 is 4.74 Å². The second-order valence-electron chi connectivity index (χ2n) is 6.79. The highest BCUT2D eigenvalue weighted by molar-refractivity contribution is 7.89. The molecule has 0 aliphatic carbocycles. The van der Waals surface area contributed by atoms with Crippen molar-refractivity contribution in [2.45, 2.75) is 70.6 Å².